The quantitative estimate of drug-likeness (QED) is 0.704. The van der Waals surface area contributed by atoms with E-state index in [1.165, 1.54) is 0 Å². The molecule has 3 rings (SSSR count). The first-order chi connectivity index (χ1) is 13.2. The standard InChI is InChI=1S/C20H26N4O3.ClH/c1-3-15-27-19-10-9-18(21-22-19)23-11-13-24(14-12-23)20(25)16-5-7-17(8-6-16)26-4-2;/h5-10H,3-4,11-15H2,1-2H3;1H. The molecule has 0 atom stereocenters. The SMILES string of the molecule is CCCOc1ccc(N2CCN(C(=O)c3ccc(OCC)cc3)CC2)nn1.Cl. The van der Waals surface area contributed by atoms with E-state index in [-0.39, 0.29) is 18.3 Å². The highest BCUT2D eigenvalue weighted by Crippen LogP contribution is 2.18. The van der Waals surface area contributed by atoms with Gasteiger partial charge in [0.05, 0.1) is 13.2 Å². The summed E-state index contributed by atoms with van der Waals surface area (Å²) in [5.41, 5.74) is 0.684. The molecule has 28 heavy (non-hydrogen) atoms. The van der Waals surface area contributed by atoms with E-state index < -0.39 is 0 Å². The monoisotopic (exact) mass is 406 g/mol. The number of nitrogens with zero attached hydrogens (tertiary/aromatic N) is 4. The van der Waals surface area contributed by atoms with E-state index in [1.807, 2.05) is 48.2 Å². The van der Waals surface area contributed by atoms with E-state index in [0.717, 1.165) is 31.1 Å². The molecule has 1 aromatic heterocycles. The van der Waals surface area contributed by atoms with Crippen LogP contribution in [0.4, 0.5) is 5.82 Å². The van der Waals surface area contributed by atoms with Crippen molar-refractivity contribution in [1.29, 1.82) is 0 Å². The van der Waals surface area contributed by atoms with Crippen LogP contribution in [-0.4, -0.2) is 60.4 Å². The predicted octanol–water partition coefficient (Wildman–Crippen LogP) is 3.05. The number of benzene rings is 1. The summed E-state index contributed by atoms with van der Waals surface area (Å²) in [6.45, 7) is 8.01. The van der Waals surface area contributed by atoms with Crippen LogP contribution in [0.2, 0.25) is 0 Å². The fourth-order valence-electron chi connectivity index (χ4n) is 2.95. The first-order valence-electron chi connectivity index (χ1n) is 9.45. The second-order valence-electron chi connectivity index (χ2n) is 6.31. The second kappa shape index (κ2) is 10.7. The molecule has 0 unspecified atom stereocenters. The van der Waals surface area contributed by atoms with E-state index in [1.54, 1.807) is 0 Å². The Bertz CT molecular complexity index is 732. The van der Waals surface area contributed by atoms with Crippen LogP contribution >= 0.6 is 12.4 Å². The number of amides is 1. The van der Waals surface area contributed by atoms with Gasteiger partial charge in [0, 0.05) is 37.8 Å². The molecule has 0 aliphatic carbocycles. The van der Waals surface area contributed by atoms with Gasteiger partial charge in [-0.25, -0.2) is 0 Å². The molecule has 2 aromatic rings. The molecule has 0 bridgehead atoms. The molecule has 1 saturated heterocycles. The number of piperazine rings is 1. The number of halogens is 1. The Morgan fingerprint density at radius 2 is 1.68 bits per heavy atom. The smallest absolute Gasteiger partial charge is 0.253 e. The van der Waals surface area contributed by atoms with Gasteiger partial charge in [-0.05, 0) is 43.7 Å². The van der Waals surface area contributed by atoms with Gasteiger partial charge in [0.2, 0.25) is 5.88 Å². The van der Waals surface area contributed by atoms with Crippen molar-refractivity contribution in [3.8, 4) is 11.6 Å². The van der Waals surface area contributed by atoms with E-state index in [2.05, 4.69) is 22.0 Å². The van der Waals surface area contributed by atoms with E-state index in [0.29, 0.717) is 37.7 Å². The minimum Gasteiger partial charge on any atom is -0.494 e. The van der Waals surface area contributed by atoms with Gasteiger partial charge in [0.15, 0.2) is 5.82 Å². The molecule has 0 saturated carbocycles. The third-order valence-electron chi connectivity index (χ3n) is 4.38. The summed E-state index contributed by atoms with van der Waals surface area (Å²) < 4.78 is 10.9. The van der Waals surface area contributed by atoms with Gasteiger partial charge in [-0.15, -0.1) is 22.6 Å². The molecule has 7 nitrogen and oxygen atoms in total. The second-order valence-corrected chi connectivity index (χ2v) is 6.31. The lowest BCUT2D eigenvalue weighted by atomic mass is 10.1. The number of ether oxygens (including phenoxy) is 2. The molecule has 0 radical (unpaired) electrons. The molecule has 1 aliphatic heterocycles. The highest BCUT2D eigenvalue weighted by molar-refractivity contribution is 5.94. The first-order valence-corrected chi connectivity index (χ1v) is 9.45. The number of hydrogen-bond acceptors (Lipinski definition) is 6. The molecule has 1 aliphatic rings. The maximum absolute atomic E-state index is 12.7. The third kappa shape index (κ3) is 5.48. The lowest BCUT2D eigenvalue weighted by Gasteiger charge is -2.35. The van der Waals surface area contributed by atoms with Gasteiger partial charge < -0.3 is 19.3 Å². The predicted molar refractivity (Wildman–Crippen MR) is 111 cm³/mol. The average Bonchev–Trinajstić information content (AvgIpc) is 2.73. The number of hydrogen-bond donors (Lipinski definition) is 0. The molecule has 1 amide bonds. The molecule has 2 heterocycles. The normalized spacial score (nSPS) is 13.6. The van der Waals surface area contributed by atoms with Crippen molar-refractivity contribution >= 4 is 24.1 Å². The maximum Gasteiger partial charge on any atom is 0.253 e. The molecule has 0 spiro atoms. The van der Waals surface area contributed by atoms with Crippen LogP contribution in [0.3, 0.4) is 0 Å². The van der Waals surface area contributed by atoms with E-state index in [4.69, 9.17) is 9.47 Å². The Morgan fingerprint density at radius 1 is 0.964 bits per heavy atom. The number of carbonyl (C=O) groups is 1. The van der Waals surface area contributed by atoms with Crippen LogP contribution in [0, 0.1) is 0 Å². The Balaban J connectivity index is 0.00000280. The summed E-state index contributed by atoms with van der Waals surface area (Å²) in [4.78, 5) is 16.7. The summed E-state index contributed by atoms with van der Waals surface area (Å²) >= 11 is 0. The number of carbonyl (C=O) groups excluding carboxylic acids is 1. The molecule has 1 aromatic carbocycles. The lowest BCUT2D eigenvalue weighted by Crippen LogP contribution is -2.49. The van der Waals surface area contributed by atoms with Crippen molar-refractivity contribution in [1.82, 2.24) is 15.1 Å². The Morgan fingerprint density at radius 3 is 2.25 bits per heavy atom. The summed E-state index contributed by atoms with van der Waals surface area (Å²) in [5.74, 6) is 2.19. The molecule has 1 fully saturated rings. The molecule has 152 valence electrons. The van der Waals surface area contributed by atoms with Gasteiger partial charge in [0.1, 0.15) is 5.75 Å². The van der Waals surface area contributed by atoms with Crippen molar-refractivity contribution in [2.75, 3.05) is 44.3 Å². The average molecular weight is 407 g/mol. The maximum atomic E-state index is 12.7. The fourth-order valence-corrected chi connectivity index (χ4v) is 2.95. The molecule has 8 heteroatoms. The van der Waals surface area contributed by atoms with Crippen molar-refractivity contribution in [3.63, 3.8) is 0 Å². The molecular formula is C20H27ClN4O3. The van der Waals surface area contributed by atoms with Crippen LogP contribution in [0.1, 0.15) is 30.6 Å². The zero-order valence-electron chi connectivity index (χ0n) is 16.3. The largest absolute Gasteiger partial charge is 0.494 e. The van der Waals surface area contributed by atoms with Crippen molar-refractivity contribution in [3.05, 3.63) is 42.0 Å². The van der Waals surface area contributed by atoms with E-state index in [9.17, 15) is 4.79 Å². The first kappa shape index (κ1) is 21.8. The van der Waals surface area contributed by atoms with Crippen LogP contribution in [-0.2, 0) is 0 Å². The van der Waals surface area contributed by atoms with Gasteiger partial charge >= 0.3 is 0 Å². The summed E-state index contributed by atoms with van der Waals surface area (Å²) in [5, 5.41) is 8.35. The number of anilines is 1. The minimum absolute atomic E-state index is 0. The van der Waals surface area contributed by atoms with E-state index >= 15 is 0 Å². The topological polar surface area (TPSA) is 67.8 Å². The molecular weight excluding hydrogens is 380 g/mol. The van der Waals surface area contributed by atoms with Crippen LogP contribution in [0.15, 0.2) is 36.4 Å². The third-order valence-corrected chi connectivity index (χ3v) is 4.38. The van der Waals surface area contributed by atoms with Crippen molar-refractivity contribution < 1.29 is 14.3 Å². The zero-order chi connectivity index (χ0) is 19.1. The van der Waals surface area contributed by atoms with Crippen molar-refractivity contribution in [2.24, 2.45) is 0 Å². The Kier molecular flexibility index (Phi) is 8.32. The summed E-state index contributed by atoms with van der Waals surface area (Å²) in [7, 11) is 0. The van der Waals surface area contributed by atoms with Gasteiger partial charge in [-0.2, -0.15) is 0 Å². The Labute approximate surface area is 172 Å². The lowest BCUT2D eigenvalue weighted by molar-refractivity contribution is 0.0746. The van der Waals surface area contributed by atoms with Gasteiger partial charge in [-0.3, -0.25) is 4.79 Å². The minimum atomic E-state index is 0. The number of aromatic nitrogens is 2. The van der Waals surface area contributed by atoms with Crippen LogP contribution in [0.5, 0.6) is 11.6 Å². The van der Waals surface area contributed by atoms with Crippen molar-refractivity contribution in [2.45, 2.75) is 20.3 Å². The van der Waals surface area contributed by atoms with Crippen LogP contribution in [0.25, 0.3) is 0 Å². The van der Waals surface area contributed by atoms with Crippen LogP contribution < -0.4 is 14.4 Å². The number of rotatable bonds is 7. The van der Waals surface area contributed by atoms with Gasteiger partial charge in [0.25, 0.3) is 5.91 Å². The summed E-state index contributed by atoms with van der Waals surface area (Å²) in [6, 6.07) is 11.1. The Hall–Kier alpha value is -2.54. The zero-order valence-corrected chi connectivity index (χ0v) is 17.2. The molecule has 0 N–H and O–H groups in total. The highest BCUT2D eigenvalue weighted by atomic mass is 35.5. The fraction of sp³-hybridized carbons (Fsp3) is 0.450. The summed E-state index contributed by atoms with van der Waals surface area (Å²) in [6.07, 6.45) is 0.938. The highest BCUT2D eigenvalue weighted by Gasteiger charge is 2.23. The van der Waals surface area contributed by atoms with Gasteiger partial charge in [-0.1, -0.05) is 6.92 Å².